The van der Waals surface area contributed by atoms with E-state index in [1.807, 2.05) is 24.3 Å². The maximum absolute atomic E-state index is 12.3. The van der Waals surface area contributed by atoms with E-state index >= 15 is 0 Å². The van der Waals surface area contributed by atoms with Crippen molar-refractivity contribution in [2.75, 3.05) is 18.0 Å². The number of carbonyl (C=O) groups is 1. The molecule has 0 bridgehead atoms. The van der Waals surface area contributed by atoms with Crippen LogP contribution in [0.4, 0.5) is 5.69 Å². The Bertz CT molecular complexity index is 658. The molecule has 1 aliphatic rings. The second kappa shape index (κ2) is 7.32. The maximum atomic E-state index is 12.3. The monoisotopic (exact) mass is 308 g/mol. The van der Waals surface area contributed by atoms with Crippen LogP contribution in [0.15, 0.2) is 48.5 Å². The van der Waals surface area contributed by atoms with Gasteiger partial charge in [0.05, 0.1) is 0 Å². The van der Waals surface area contributed by atoms with Crippen LogP contribution in [0.5, 0.6) is 0 Å². The lowest BCUT2D eigenvalue weighted by atomic mass is 10.1. The number of aryl methyl sites for hydroxylation is 1. The molecular weight excluding hydrogens is 284 g/mol. The molecule has 1 amide bonds. The van der Waals surface area contributed by atoms with Crippen LogP contribution >= 0.6 is 0 Å². The standard InChI is InChI=1S/C20H24N2O/c1-16-7-3-4-8-18(16)15-21-20(23)17-9-11-19(12-10-17)22-13-5-2-6-14-22/h3-4,7-12H,2,5-6,13-15H2,1H3,(H,21,23). The van der Waals surface area contributed by atoms with Crippen molar-refractivity contribution < 1.29 is 4.79 Å². The van der Waals surface area contributed by atoms with E-state index in [-0.39, 0.29) is 5.91 Å². The molecule has 3 nitrogen and oxygen atoms in total. The van der Waals surface area contributed by atoms with Gasteiger partial charge >= 0.3 is 0 Å². The molecule has 0 unspecified atom stereocenters. The third kappa shape index (κ3) is 3.92. The first-order chi connectivity index (χ1) is 11.2. The second-order valence-corrected chi connectivity index (χ2v) is 6.20. The predicted octanol–water partition coefficient (Wildman–Crippen LogP) is 3.92. The van der Waals surface area contributed by atoms with Gasteiger partial charge in [-0.1, -0.05) is 24.3 Å². The van der Waals surface area contributed by atoms with Gasteiger partial charge in [-0.25, -0.2) is 0 Å². The molecule has 0 saturated carbocycles. The highest BCUT2D eigenvalue weighted by Gasteiger charge is 2.12. The average molecular weight is 308 g/mol. The average Bonchev–Trinajstić information content (AvgIpc) is 2.62. The van der Waals surface area contributed by atoms with Gasteiger partial charge < -0.3 is 10.2 Å². The minimum atomic E-state index is -0.0153. The molecule has 1 aliphatic heterocycles. The van der Waals surface area contributed by atoms with Gasteiger partial charge in [0.15, 0.2) is 0 Å². The lowest BCUT2D eigenvalue weighted by molar-refractivity contribution is 0.0951. The molecule has 1 fully saturated rings. The van der Waals surface area contributed by atoms with E-state index in [2.05, 4.69) is 41.4 Å². The lowest BCUT2D eigenvalue weighted by Crippen LogP contribution is -2.29. The number of nitrogens with one attached hydrogen (secondary N) is 1. The Morgan fingerprint density at radius 2 is 1.70 bits per heavy atom. The van der Waals surface area contributed by atoms with Crippen LogP contribution in [0.3, 0.4) is 0 Å². The van der Waals surface area contributed by atoms with Crippen LogP contribution in [0.1, 0.15) is 40.7 Å². The number of rotatable bonds is 4. The summed E-state index contributed by atoms with van der Waals surface area (Å²) in [6.45, 7) is 4.88. The lowest BCUT2D eigenvalue weighted by Gasteiger charge is -2.28. The number of amides is 1. The van der Waals surface area contributed by atoms with Crippen LogP contribution in [0, 0.1) is 6.92 Å². The summed E-state index contributed by atoms with van der Waals surface area (Å²) in [4.78, 5) is 14.7. The molecule has 0 aliphatic carbocycles. The molecule has 1 N–H and O–H groups in total. The summed E-state index contributed by atoms with van der Waals surface area (Å²) in [6, 6.07) is 16.1. The van der Waals surface area contributed by atoms with Crippen molar-refractivity contribution in [3.05, 3.63) is 65.2 Å². The van der Waals surface area contributed by atoms with E-state index in [1.165, 1.54) is 30.5 Å². The zero-order valence-electron chi connectivity index (χ0n) is 13.7. The van der Waals surface area contributed by atoms with Gasteiger partial charge in [0.1, 0.15) is 0 Å². The minimum absolute atomic E-state index is 0.0153. The fourth-order valence-electron chi connectivity index (χ4n) is 3.06. The van der Waals surface area contributed by atoms with E-state index in [4.69, 9.17) is 0 Å². The summed E-state index contributed by atoms with van der Waals surface area (Å²) >= 11 is 0. The highest BCUT2D eigenvalue weighted by Crippen LogP contribution is 2.20. The fraction of sp³-hybridized carbons (Fsp3) is 0.350. The van der Waals surface area contributed by atoms with Crippen molar-refractivity contribution in [3.63, 3.8) is 0 Å². The number of carbonyl (C=O) groups excluding carboxylic acids is 1. The quantitative estimate of drug-likeness (QED) is 0.928. The first-order valence-electron chi connectivity index (χ1n) is 8.42. The zero-order valence-corrected chi connectivity index (χ0v) is 13.7. The third-order valence-electron chi connectivity index (χ3n) is 4.55. The van der Waals surface area contributed by atoms with Crippen molar-refractivity contribution in [3.8, 4) is 0 Å². The van der Waals surface area contributed by atoms with Crippen molar-refractivity contribution in [2.45, 2.75) is 32.7 Å². The van der Waals surface area contributed by atoms with Crippen LogP contribution in [-0.4, -0.2) is 19.0 Å². The van der Waals surface area contributed by atoms with E-state index in [1.54, 1.807) is 0 Å². The molecular formula is C20H24N2O. The van der Waals surface area contributed by atoms with Gasteiger partial charge in [-0.2, -0.15) is 0 Å². The van der Waals surface area contributed by atoms with Crippen LogP contribution in [0.25, 0.3) is 0 Å². The molecule has 0 aromatic heterocycles. The number of hydrogen-bond acceptors (Lipinski definition) is 2. The van der Waals surface area contributed by atoms with Crippen molar-refractivity contribution >= 4 is 11.6 Å². The number of anilines is 1. The summed E-state index contributed by atoms with van der Waals surface area (Å²) in [5.74, 6) is -0.0153. The summed E-state index contributed by atoms with van der Waals surface area (Å²) in [6.07, 6.45) is 3.85. The van der Waals surface area contributed by atoms with Crippen molar-refractivity contribution in [1.82, 2.24) is 5.32 Å². The van der Waals surface area contributed by atoms with E-state index in [0.717, 1.165) is 24.2 Å². The molecule has 1 heterocycles. The summed E-state index contributed by atoms with van der Waals surface area (Å²) < 4.78 is 0. The number of nitrogens with zero attached hydrogens (tertiary/aromatic N) is 1. The number of benzene rings is 2. The van der Waals surface area contributed by atoms with Crippen molar-refractivity contribution in [2.24, 2.45) is 0 Å². The molecule has 3 rings (SSSR count). The Morgan fingerprint density at radius 3 is 2.39 bits per heavy atom. The highest BCUT2D eigenvalue weighted by atomic mass is 16.1. The molecule has 0 spiro atoms. The maximum Gasteiger partial charge on any atom is 0.251 e. The largest absolute Gasteiger partial charge is 0.372 e. The zero-order chi connectivity index (χ0) is 16.1. The first-order valence-corrected chi connectivity index (χ1v) is 8.42. The van der Waals surface area contributed by atoms with Gasteiger partial charge in [-0.15, -0.1) is 0 Å². The minimum Gasteiger partial charge on any atom is -0.372 e. The Labute approximate surface area is 138 Å². The molecule has 2 aromatic carbocycles. The highest BCUT2D eigenvalue weighted by molar-refractivity contribution is 5.94. The SMILES string of the molecule is Cc1ccccc1CNC(=O)c1ccc(N2CCCCC2)cc1. The van der Waals surface area contributed by atoms with Crippen LogP contribution in [-0.2, 0) is 6.54 Å². The molecule has 3 heteroatoms. The van der Waals surface area contributed by atoms with Gasteiger partial charge in [0, 0.05) is 30.9 Å². The molecule has 2 aromatic rings. The molecule has 0 radical (unpaired) electrons. The molecule has 1 saturated heterocycles. The first kappa shape index (κ1) is 15.6. The fourth-order valence-corrected chi connectivity index (χ4v) is 3.06. The Hall–Kier alpha value is -2.29. The normalized spacial score (nSPS) is 14.6. The topological polar surface area (TPSA) is 32.3 Å². The predicted molar refractivity (Wildman–Crippen MR) is 94.9 cm³/mol. The molecule has 0 atom stereocenters. The summed E-state index contributed by atoms with van der Waals surface area (Å²) in [5.41, 5.74) is 4.30. The number of hydrogen-bond donors (Lipinski definition) is 1. The van der Waals surface area contributed by atoms with Crippen molar-refractivity contribution in [1.29, 1.82) is 0 Å². The molecule has 23 heavy (non-hydrogen) atoms. The second-order valence-electron chi connectivity index (χ2n) is 6.20. The smallest absolute Gasteiger partial charge is 0.251 e. The van der Waals surface area contributed by atoms with E-state index in [0.29, 0.717) is 6.54 Å². The van der Waals surface area contributed by atoms with E-state index < -0.39 is 0 Å². The van der Waals surface area contributed by atoms with Crippen LogP contribution in [0.2, 0.25) is 0 Å². The van der Waals surface area contributed by atoms with Gasteiger partial charge in [-0.05, 0) is 61.6 Å². The summed E-state index contributed by atoms with van der Waals surface area (Å²) in [7, 11) is 0. The Morgan fingerprint density at radius 1 is 1.00 bits per heavy atom. The number of piperidine rings is 1. The molecule has 120 valence electrons. The van der Waals surface area contributed by atoms with Gasteiger partial charge in [-0.3, -0.25) is 4.79 Å². The van der Waals surface area contributed by atoms with Gasteiger partial charge in [0.2, 0.25) is 0 Å². The van der Waals surface area contributed by atoms with E-state index in [9.17, 15) is 4.79 Å². The Kier molecular flexibility index (Phi) is 4.96. The Balaban J connectivity index is 1.60. The summed E-state index contributed by atoms with van der Waals surface area (Å²) in [5, 5.41) is 3.00. The third-order valence-corrected chi connectivity index (χ3v) is 4.55. The van der Waals surface area contributed by atoms with Crippen LogP contribution < -0.4 is 10.2 Å². The van der Waals surface area contributed by atoms with Gasteiger partial charge in [0.25, 0.3) is 5.91 Å².